The molecule has 3 heterocycles. The van der Waals surface area contributed by atoms with E-state index in [2.05, 4.69) is 15.3 Å². The van der Waals surface area contributed by atoms with Crippen LogP contribution in [0.15, 0.2) is 54.7 Å². The number of aromatic nitrogens is 4. The smallest absolute Gasteiger partial charge is 0.398 e. The Morgan fingerprint density at radius 1 is 0.932 bits per heavy atom. The minimum absolute atomic E-state index is 0.00986. The van der Waals surface area contributed by atoms with Crippen LogP contribution in [0.5, 0.6) is 0 Å². The summed E-state index contributed by atoms with van der Waals surface area (Å²) in [5.41, 5.74) is 2.51. The van der Waals surface area contributed by atoms with Crippen LogP contribution < -0.4 is 10.6 Å². The molecule has 5 rings (SSSR count). The lowest BCUT2D eigenvalue weighted by molar-refractivity contribution is -0.143. The fourth-order valence-electron chi connectivity index (χ4n) is 4.76. The molecule has 0 atom stereocenters. The Labute approximate surface area is 251 Å². The van der Waals surface area contributed by atoms with Crippen LogP contribution in [0.4, 0.5) is 37.8 Å². The Balaban J connectivity index is 1.68. The number of nitrogens with zero attached hydrogens (tertiary/aromatic N) is 5. The van der Waals surface area contributed by atoms with Gasteiger partial charge in [0.2, 0.25) is 0 Å². The number of rotatable bonds is 6. The maximum atomic E-state index is 13.7. The van der Waals surface area contributed by atoms with Gasteiger partial charge in [0.1, 0.15) is 5.69 Å². The molecule has 0 unspecified atom stereocenters. The van der Waals surface area contributed by atoms with E-state index in [1.165, 1.54) is 29.3 Å². The van der Waals surface area contributed by atoms with Crippen molar-refractivity contribution in [3.63, 3.8) is 0 Å². The molecule has 1 aliphatic rings. The molecule has 0 aliphatic carbocycles. The lowest BCUT2D eigenvalue weighted by Crippen LogP contribution is -2.41. The van der Waals surface area contributed by atoms with E-state index in [0.717, 1.165) is 4.68 Å². The number of carbonyl (C=O) groups is 1. The third-order valence-electron chi connectivity index (χ3n) is 6.89. The van der Waals surface area contributed by atoms with E-state index in [0.29, 0.717) is 12.1 Å². The SMILES string of the molecule is Nc1ccnc(-c2nnn(Cc3cc(C(F)(F)F)cc(C(F)(F)F)c3)c2N2CCS(=O)(=O)CC2)c1C(=O)c1ccccc1Cl. The predicted molar refractivity (Wildman–Crippen MR) is 149 cm³/mol. The van der Waals surface area contributed by atoms with Crippen molar-refractivity contribution in [3.8, 4) is 11.4 Å². The summed E-state index contributed by atoms with van der Waals surface area (Å²) in [5.74, 6) is -1.20. The first-order chi connectivity index (χ1) is 20.5. The van der Waals surface area contributed by atoms with Crippen LogP contribution in [-0.4, -0.2) is 58.8 Å². The zero-order valence-electron chi connectivity index (χ0n) is 22.3. The van der Waals surface area contributed by atoms with Gasteiger partial charge in [0.15, 0.2) is 27.1 Å². The summed E-state index contributed by atoms with van der Waals surface area (Å²) in [7, 11) is -3.42. The van der Waals surface area contributed by atoms with Gasteiger partial charge < -0.3 is 10.6 Å². The highest BCUT2D eigenvalue weighted by Crippen LogP contribution is 2.38. The molecule has 1 saturated heterocycles. The summed E-state index contributed by atoms with van der Waals surface area (Å²) in [4.78, 5) is 19.4. The van der Waals surface area contributed by atoms with Gasteiger partial charge in [-0.3, -0.25) is 9.78 Å². The molecular weight excluding hydrogens is 638 g/mol. The number of nitrogens with two attached hydrogens (primary N) is 1. The molecule has 4 aromatic rings. The van der Waals surface area contributed by atoms with E-state index in [1.54, 1.807) is 12.1 Å². The predicted octanol–water partition coefficient (Wildman–Crippen LogP) is 5.13. The Morgan fingerprint density at radius 2 is 1.55 bits per heavy atom. The van der Waals surface area contributed by atoms with Gasteiger partial charge in [-0.15, -0.1) is 5.10 Å². The van der Waals surface area contributed by atoms with Crippen LogP contribution in [0.25, 0.3) is 11.4 Å². The molecule has 0 saturated carbocycles. The number of halogens is 7. The molecule has 232 valence electrons. The van der Waals surface area contributed by atoms with E-state index in [-0.39, 0.29) is 69.7 Å². The van der Waals surface area contributed by atoms with Crippen molar-refractivity contribution in [1.82, 2.24) is 20.0 Å². The van der Waals surface area contributed by atoms with E-state index >= 15 is 0 Å². The minimum Gasteiger partial charge on any atom is -0.398 e. The van der Waals surface area contributed by atoms with E-state index < -0.39 is 51.2 Å². The summed E-state index contributed by atoms with van der Waals surface area (Å²) >= 11 is 6.24. The third kappa shape index (κ3) is 6.36. The number of anilines is 2. The molecule has 0 radical (unpaired) electrons. The number of hydrogen-bond acceptors (Lipinski definition) is 8. The lowest BCUT2D eigenvalue weighted by atomic mass is 9.98. The molecule has 0 bridgehead atoms. The third-order valence-corrected chi connectivity index (χ3v) is 8.82. The summed E-state index contributed by atoms with van der Waals surface area (Å²) < 4.78 is 107. The standard InChI is InChI=1S/C27H21ClF6N6O3S/c28-19-4-2-1-3-18(19)24(41)21-20(35)5-6-36-22(21)23-25(39-7-9-44(42,43)10-8-39)40(38-37-23)14-15-11-16(26(29,30)31)13-17(12-15)27(32,33)34/h1-6,11-13H,7-10,14H2,(H2,35,36). The Bertz CT molecular complexity index is 1810. The summed E-state index contributed by atoms with van der Waals surface area (Å²) in [6, 6.07) is 8.62. The largest absolute Gasteiger partial charge is 0.416 e. The maximum Gasteiger partial charge on any atom is 0.416 e. The molecule has 2 aromatic heterocycles. The first kappa shape index (κ1) is 31.3. The van der Waals surface area contributed by atoms with Gasteiger partial charge in [-0.05, 0) is 42.0 Å². The molecule has 0 spiro atoms. The van der Waals surface area contributed by atoms with E-state index in [1.807, 2.05) is 0 Å². The number of carbonyl (C=O) groups excluding carboxylic acids is 1. The zero-order valence-corrected chi connectivity index (χ0v) is 23.9. The number of hydrogen-bond donors (Lipinski definition) is 1. The summed E-state index contributed by atoms with van der Waals surface area (Å²) in [5, 5.41) is 8.22. The first-order valence-electron chi connectivity index (χ1n) is 12.8. The Morgan fingerprint density at radius 3 is 2.14 bits per heavy atom. The number of ketones is 1. The van der Waals surface area contributed by atoms with Crippen LogP contribution >= 0.6 is 11.6 Å². The van der Waals surface area contributed by atoms with Crippen LogP contribution in [0.1, 0.15) is 32.6 Å². The van der Waals surface area contributed by atoms with Gasteiger partial charge >= 0.3 is 12.4 Å². The van der Waals surface area contributed by atoms with Gasteiger partial charge in [-0.1, -0.05) is 28.9 Å². The van der Waals surface area contributed by atoms with Crippen LogP contribution in [0.3, 0.4) is 0 Å². The average Bonchev–Trinajstić information content (AvgIpc) is 3.34. The van der Waals surface area contributed by atoms with Crippen molar-refractivity contribution in [3.05, 3.63) is 87.6 Å². The highest BCUT2D eigenvalue weighted by atomic mass is 35.5. The number of benzene rings is 2. The zero-order chi connectivity index (χ0) is 32.0. The van der Waals surface area contributed by atoms with Crippen molar-refractivity contribution >= 4 is 38.7 Å². The number of alkyl halides is 6. The normalized spacial score (nSPS) is 15.4. The fraction of sp³-hybridized carbons (Fsp3) is 0.259. The molecule has 2 N–H and O–H groups in total. The number of sulfone groups is 1. The lowest BCUT2D eigenvalue weighted by Gasteiger charge is -2.29. The maximum absolute atomic E-state index is 13.7. The van der Waals surface area contributed by atoms with Crippen molar-refractivity contribution in [2.45, 2.75) is 18.9 Å². The second-order valence-corrected chi connectivity index (χ2v) is 12.6. The van der Waals surface area contributed by atoms with Crippen LogP contribution in [0, 0.1) is 0 Å². The number of nitrogen functional groups attached to an aromatic ring is 1. The number of pyridine rings is 1. The fourth-order valence-corrected chi connectivity index (χ4v) is 6.19. The van der Waals surface area contributed by atoms with Crippen molar-refractivity contribution in [2.24, 2.45) is 0 Å². The summed E-state index contributed by atoms with van der Waals surface area (Å²) in [6.45, 7) is -0.820. The first-order valence-corrected chi connectivity index (χ1v) is 15.0. The molecule has 1 aliphatic heterocycles. The van der Waals surface area contributed by atoms with Gasteiger partial charge in [0.25, 0.3) is 0 Å². The second kappa shape index (κ2) is 11.4. The van der Waals surface area contributed by atoms with Gasteiger partial charge in [0.05, 0.1) is 39.8 Å². The molecular formula is C27H21ClF6N6O3S. The Hall–Kier alpha value is -4.18. The van der Waals surface area contributed by atoms with Crippen molar-refractivity contribution in [2.75, 3.05) is 35.2 Å². The molecule has 44 heavy (non-hydrogen) atoms. The second-order valence-electron chi connectivity index (χ2n) is 9.91. The topological polar surface area (TPSA) is 124 Å². The van der Waals surface area contributed by atoms with Gasteiger partial charge in [0, 0.05) is 30.5 Å². The highest BCUT2D eigenvalue weighted by molar-refractivity contribution is 7.91. The molecule has 0 amide bonds. The van der Waals surface area contributed by atoms with E-state index in [9.17, 15) is 39.6 Å². The van der Waals surface area contributed by atoms with Crippen molar-refractivity contribution < 1.29 is 39.6 Å². The van der Waals surface area contributed by atoms with Gasteiger partial charge in [-0.2, -0.15) is 26.3 Å². The van der Waals surface area contributed by atoms with Crippen LogP contribution in [-0.2, 0) is 28.7 Å². The monoisotopic (exact) mass is 658 g/mol. The molecule has 17 heteroatoms. The highest BCUT2D eigenvalue weighted by Gasteiger charge is 2.37. The molecule has 9 nitrogen and oxygen atoms in total. The van der Waals surface area contributed by atoms with Gasteiger partial charge in [-0.25, -0.2) is 13.1 Å². The average molecular weight is 659 g/mol. The minimum atomic E-state index is -5.08. The van der Waals surface area contributed by atoms with Crippen molar-refractivity contribution in [1.29, 1.82) is 0 Å². The van der Waals surface area contributed by atoms with E-state index in [4.69, 9.17) is 17.3 Å². The summed E-state index contributed by atoms with van der Waals surface area (Å²) in [6.07, 6.45) is -8.87. The molecule has 2 aromatic carbocycles. The van der Waals surface area contributed by atoms with Crippen LogP contribution in [0.2, 0.25) is 5.02 Å². The Kier molecular flexibility index (Phi) is 8.09. The quantitative estimate of drug-likeness (QED) is 0.224. The molecule has 1 fully saturated rings.